The van der Waals surface area contributed by atoms with E-state index < -0.39 is 22.8 Å². The molecule has 0 aliphatic carbocycles. The summed E-state index contributed by atoms with van der Waals surface area (Å²) in [5.74, 6) is -2.11. The highest BCUT2D eigenvalue weighted by molar-refractivity contribution is 5.92. The van der Waals surface area contributed by atoms with E-state index in [0.717, 1.165) is 11.6 Å². The molecule has 3 aromatic heterocycles. The monoisotopic (exact) mass is 472 g/mol. The van der Waals surface area contributed by atoms with Gasteiger partial charge in [0.25, 0.3) is 5.91 Å². The Hall–Kier alpha value is -4.00. The lowest BCUT2D eigenvalue weighted by Crippen LogP contribution is -2.41. The number of aromatic nitrogens is 3. The second-order valence-corrected chi connectivity index (χ2v) is 9.36. The van der Waals surface area contributed by atoms with Crippen molar-refractivity contribution in [3.05, 3.63) is 113 Å². The van der Waals surface area contributed by atoms with Crippen LogP contribution in [0.4, 0.5) is 8.78 Å². The number of carbonyl (C=O) groups excluding carboxylic acids is 1. The van der Waals surface area contributed by atoms with Gasteiger partial charge in [-0.15, -0.1) is 0 Å². The number of rotatable bonds is 6. The van der Waals surface area contributed by atoms with Crippen LogP contribution in [-0.2, 0) is 11.0 Å². The second kappa shape index (κ2) is 9.33. The van der Waals surface area contributed by atoms with Crippen LogP contribution in [0, 0.1) is 11.9 Å². The Bertz CT molecular complexity index is 1370. The molecule has 0 saturated carbocycles. The molecule has 1 aromatic carbocycles. The van der Waals surface area contributed by atoms with Gasteiger partial charge in [-0.2, -0.15) is 13.8 Å². The molecule has 0 aliphatic heterocycles. The molecule has 0 radical (unpaired) electrons. The summed E-state index contributed by atoms with van der Waals surface area (Å²) in [7, 11) is 0. The molecule has 4 aromatic rings. The van der Waals surface area contributed by atoms with Crippen molar-refractivity contribution in [3.8, 4) is 11.3 Å². The second-order valence-electron chi connectivity index (χ2n) is 9.36. The highest BCUT2D eigenvalue weighted by Crippen LogP contribution is 2.31. The fourth-order valence-electron chi connectivity index (χ4n) is 3.85. The van der Waals surface area contributed by atoms with Crippen molar-refractivity contribution < 1.29 is 13.6 Å². The van der Waals surface area contributed by atoms with Gasteiger partial charge in [-0.3, -0.25) is 9.78 Å². The average Bonchev–Trinajstić information content (AvgIpc) is 2.84. The molecule has 0 saturated heterocycles. The van der Waals surface area contributed by atoms with Crippen LogP contribution in [0.1, 0.15) is 55.1 Å². The summed E-state index contributed by atoms with van der Waals surface area (Å²) in [6.45, 7) is 7.73. The zero-order valence-corrected chi connectivity index (χ0v) is 20.0. The Morgan fingerprint density at radius 1 is 0.743 bits per heavy atom. The normalized spacial score (nSPS) is 11.8. The molecule has 35 heavy (non-hydrogen) atoms. The minimum absolute atomic E-state index is 0.105. The maximum Gasteiger partial charge on any atom is 0.270 e. The molecule has 0 spiro atoms. The predicted octanol–water partition coefficient (Wildman–Crippen LogP) is 5.81. The number of carbonyl (C=O) groups is 1. The van der Waals surface area contributed by atoms with E-state index in [9.17, 15) is 13.6 Å². The maximum atomic E-state index is 14.2. The van der Waals surface area contributed by atoms with Gasteiger partial charge in [0.05, 0.1) is 28.2 Å². The van der Waals surface area contributed by atoms with Crippen LogP contribution in [0.3, 0.4) is 0 Å². The van der Waals surface area contributed by atoms with Crippen LogP contribution in [0.5, 0.6) is 0 Å². The summed E-state index contributed by atoms with van der Waals surface area (Å²) in [6, 6.07) is 22.6. The molecule has 5 nitrogen and oxygen atoms in total. The summed E-state index contributed by atoms with van der Waals surface area (Å²) in [4.78, 5) is 25.6. The summed E-state index contributed by atoms with van der Waals surface area (Å²) in [6.07, 6.45) is 0. The molecule has 1 amide bonds. The number of pyridine rings is 3. The summed E-state index contributed by atoms with van der Waals surface area (Å²) in [5, 5.41) is 3.05. The lowest BCUT2D eigenvalue weighted by molar-refractivity contribution is 0.0906. The third-order valence-corrected chi connectivity index (χ3v) is 6.02. The van der Waals surface area contributed by atoms with Gasteiger partial charge in [0.2, 0.25) is 11.9 Å². The fraction of sp³-hybridized carbons (Fsp3) is 0.214. The van der Waals surface area contributed by atoms with E-state index in [-0.39, 0.29) is 17.2 Å². The smallest absolute Gasteiger partial charge is 0.270 e. The molecule has 3 heterocycles. The standard InChI is InChI=1S/C28H26F2N4O/c1-27(2,22-14-8-12-20(31-22)19-16-17-24(29)33-25(19)30)23-15-9-13-21(32-23)26(35)34-28(3,4)18-10-6-5-7-11-18/h5-17H,1-4H3,(H,34,35). The van der Waals surface area contributed by atoms with Crippen molar-refractivity contribution in [1.29, 1.82) is 0 Å². The minimum atomic E-state index is -0.926. The fourth-order valence-corrected chi connectivity index (χ4v) is 3.85. The van der Waals surface area contributed by atoms with E-state index in [1.165, 1.54) is 6.07 Å². The van der Waals surface area contributed by atoms with Crippen molar-refractivity contribution >= 4 is 5.91 Å². The topological polar surface area (TPSA) is 67.8 Å². The van der Waals surface area contributed by atoms with Crippen LogP contribution in [-0.4, -0.2) is 20.9 Å². The first-order valence-corrected chi connectivity index (χ1v) is 11.2. The highest BCUT2D eigenvalue weighted by Gasteiger charge is 2.29. The van der Waals surface area contributed by atoms with E-state index in [2.05, 4.69) is 20.3 Å². The summed E-state index contributed by atoms with van der Waals surface area (Å²) in [5.41, 5.74) is 1.66. The molecular weight excluding hydrogens is 446 g/mol. The zero-order valence-electron chi connectivity index (χ0n) is 20.0. The molecule has 0 fully saturated rings. The van der Waals surface area contributed by atoms with Gasteiger partial charge < -0.3 is 5.32 Å². The number of halogens is 2. The van der Waals surface area contributed by atoms with E-state index in [1.54, 1.807) is 24.3 Å². The summed E-state index contributed by atoms with van der Waals surface area (Å²) >= 11 is 0. The third-order valence-electron chi connectivity index (χ3n) is 6.02. The molecule has 0 unspecified atom stereocenters. The van der Waals surface area contributed by atoms with Crippen LogP contribution < -0.4 is 5.32 Å². The van der Waals surface area contributed by atoms with Gasteiger partial charge in [0, 0.05) is 5.41 Å². The first-order chi connectivity index (χ1) is 16.6. The average molecular weight is 473 g/mol. The predicted molar refractivity (Wildman–Crippen MR) is 131 cm³/mol. The van der Waals surface area contributed by atoms with Crippen molar-refractivity contribution in [1.82, 2.24) is 20.3 Å². The highest BCUT2D eigenvalue weighted by atomic mass is 19.1. The van der Waals surface area contributed by atoms with Crippen molar-refractivity contribution in [2.24, 2.45) is 0 Å². The van der Waals surface area contributed by atoms with Gasteiger partial charge in [0.15, 0.2) is 0 Å². The van der Waals surface area contributed by atoms with Crippen LogP contribution >= 0.6 is 0 Å². The van der Waals surface area contributed by atoms with Crippen molar-refractivity contribution in [3.63, 3.8) is 0 Å². The van der Waals surface area contributed by atoms with Crippen molar-refractivity contribution in [2.75, 3.05) is 0 Å². The molecular formula is C28H26F2N4O. The first-order valence-electron chi connectivity index (χ1n) is 11.2. The number of nitrogens with zero attached hydrogens (tertiary/aromatic N) is 3. The minimum Gasteiger partial charge on any atom is -0.342 e. The number of hydrogen-bond donors (Lipinski definition) is 1. The molecule has 7 heteroatoms. The van der Waals surface area contributed by atoms with Crippen LogP contribution in [0.2, 0.25) is 0 Å². The first kappa shape index (κ1) is 24.1. The number of nitrogens with one attached hydrogen (secondary N) is 1. The number of hydrogen-bond acceptors (Lipinski definition) is 4. The Kier molecular flexibility index (Phi) is 6.43. The zero-order chi connectivity index (χ0) is 25.2. The molecule has 1 N–H and O–H groups in total. The largest absolute Gasteiger partial charge is 0.342 e. The van der Waals surface area contributed by atoms with Gasteiger partial charge >= 0.3 is 0 Å². The van der Waals surface area contributed by atoms with Gasteiger partial charge in [-0.05, 0) is 69.7 Å². The van der Waals surface area contributed by atoms with Crippen molar-refractivity contribution in [2.45, 2.75) is 38.6 Å². The SMILES string of the molecule is CC(C)(NC(=O)c1cccc(C(C)(C)c2cccc(-c3ccc(F)nc3F)n2)n1)c1ccccc1. The van der Waals surface area contributed by atoms with E-state index >= 15 is 0 Å². The number of amides is 1. The Balaban J connectivity index is 1.63. The maximum absolute atomic E-state index is 14.2. The third kappa shape index (κ3) is 5.09. The quantitative estimate of drug-likeness (QED) is 0.360. The lowest BCUT2D eigenvalue weighted by Gasteiger charge is -2.27. The molecule has 178 valence electrons. The molecule has 0 bridgehead atoms. The number of benzene rings is 1. The van der Waals surface area contributed by atoms with E-state index in [4.69, 9.17) is 0 Å². The molecule has 0 aliphatic rings. The Labute approximate surface area is 203 Å². The van der Waals surface area contributed by atoms with Gasteiger partial charge in [-0.1, -0.05) is 42.5 Å². The Morgan fingerprint density at radius 2 is 1.40 bits per heavy atom. The Morgan fingerprint density at radius 3 is 2.09 bits per heavy atom. The summed E-state index contributed by atoms with van der Waals surface area (Å²) < 4.78 is 27.5. The lowest BCUT2D eigenvalue weighted by atomic mass is 9.84. The molecule has 4 rings (SSSR count). The van der Waals surface area contributed by atoms with Crippen LogP contribution in [0.25, 0.3) is 11.3 Å². The van der Waals surface area contributed by atoms with Crippen LogP contribution in [0.15, 0.2) is 78.9 Å². The van der Waals surface area contributed by atoms with E-state index in [0.29, 0.717) is 17.1 Å². The van der Waals surface area contributed by atoms with Gasteiger partial charge in [0.1, 0.15) is 5.69 Å². The van der Waals surface area contributed by atoms with E-state index in [1.807, 2.05) is 70.2 Å². The molecule has 0 atom stereocenters. The van der Waals surface area contributed by atoms with Gasteiger partial charge in [-0.25, -0.2) is 4.98 Å².